The number of aromatic nitrogens is 1. The average molecular weight is 225 g/mol. The molecule has 2 rings (SSSR count). The van der Waals surface area contributed by atoms with Crippen LogP contribution in [0.25, 0.3) is 0 Å². The highest BCUT2D eigenvalue weighted by Gasteiger charge is 2.20. The summed E-state index contributed by atoms with van der Waals surface area (Å²) in [7, 11) is 0. The molecule has 0 spiro atoms. The molecule has 1 aliphatic heterocycles. The molecule has 2 heterocycles. The van der Waals surface area contributed by atoms with E-state index in [0.29, 0.717) is 5.15 Å². The van der Waals surface area contributed by atoms with Crippen molar-refractivity contribution in [3.05, 3.63) is 29.0 Å². The highest BCUT2D eigenvalue weighted by molar-refractivity contribution is 6.29. The molecule has 0 amide bonds. The van der Waals surface area contributed by atoms with E-state index in [1.54, 1.807) is 0 Å². The first kappa shape index (κ1) is 10.9. The number of rotatable bonds is 3. The van der Waals surface area contributed by atoms with Crippen molar-refractivity contribution < 1.29 is 0 Å². The summed E-state index contributed by atoms with van der Waals surface area (Å²) < 4.78 is 0. The summed E-state index contributed by atoms with van der Waals surface area (Å²) in [5, 5.41) is 0.576. The number of pyridine rings is 1. The molecule has 0 aromatic carbocycles. The van der Waals surface area contributed by atoms with Crippen molar-refractivity contribution in [2.75, 3.05) is 13.1 Å². The van der Waals surface area contributed by atoms with Crippen molar-refractivity contribution in [2.45, 2.75) is 26.3 Å². The Kier molecular flexibility index (Phi) is 3.60. The Bertz CT molecular complexity index is 310. The third-order valence-corrected chi connectivity index (χ3v) is 3.37. The number of hydrogen-bond acceptors (Lipinski definition) is 2. The van der Waals surface area contributed by atoms with Crippen LogP contribution in [0.3, 0.4) is 0 Å². The SMILES string of the molecule is CCC1CCN(Cc2ccc(Cl)nc2)C1. The maximum atomic E-state index is 5.75. The van der Waals surface area contributed by atoms with Crippen molar-refractivity contribution in [1.82, 2.24) is 9.88 Å². The van der Waals surface area contributed by atoms with E-state index >= 15 is 0 Å². The minimum absolute atomic E-state index is 0.576. The van der Waals surface area contributed by atoms with E-state index in [4.69, 9.17) is 11.6 Å². The summed E-state index contributed by atoms with van der Waals surface area (Å²) in [6.45, 7) is 5.75. The maximum Gasteiger partial charge on any atom is 0.129 e. The molecule has 1 aliphatic rings. The lowest BCUT2D eigenvalue weighted by Gasteiger charge is -2.15. The number of hydrogen-bond donors (Lipinski definition) is 0. The van der Waals surface area contributed by atoms with Crippen LogP contribution in [-0.2, 0) is 6.54 Å². The molecular formula is C12H17ClN2. The van der Waals surface area contributed by atoms with Gasteiger partial charge < -0.3 is 0 Å². The van der Waals surface area contributed by atoms with E-state index in [2.05, 4.69) is 22.9 Å². The number of nitrogens with zero attached hydrogens (tertiary/aromatic N) is 2. The van der Waals surface area contributed by atoms with E-state index in [-0.39, 0.29) is 0 Å². The van der Waals surface area contributed by atoms with E-state index in [1.165, 1.54) is 31.5 Å². The topological polar surface area (TPSA) is 16.1 Å². The van der Waals surface area contributed by atoms with Gasteiger partial charge in [-0.05, 0) is 30.5 Å². The fourth-order valence-corrected chi connectivity index (χ4v) is 2.26. The van der Waals surface area contributed by atoms with Crippen LogP contribution in [0.2, 0.25) is 5.15 Å². The van der Waals surface area contributed by atoms with Crippen molar-refractivity contribution in [1.29, 1.82) is 0 Å². The predicted octanol–water partition coefficient (Wildman–Crippen LogP) is 2.97. The highest BCUT2D eigenvalue weighted by Crippen LogP contribution is 2.20. The van der Waals surface area contributed by atoms with E-state index in [1.807, 2.05) is 12.3 Å². The number of likely N-dealkylation sites (tertiary alicyclic amines) is 1. The molecule has 0 bridgehead atoms. The number of halogens is 1. The zero-order valence-corrected chi connectivity index (χ0v) is 9.87. The molecule has 0 aliphatic carbocycles. The Morgan fingerprint density at radius 2 is 2.40 bits per heavy atom. The summed E-state index contributed by atoms with van der Waals surface area (Å²) in [5.41, 5.74) is 1.26. The first-order chi connectivity index (χ1) is 7.28. The molecule has 0 N–H and O–H groups in total. The molecule has 1 unspecified atom stereocenters. The fraction of sp³-hybridized carbons (Fsp3) is 0.583. The zero-order chi connectivity index (χ0) is 10.7. The van der Waals surface area contributed by atoms with Crippen LogP contribution in [0.5, 0.6) is 0 Å². The molecule has 3 heteroatoms. The van der Waals surface area contributed by atoms with Gasteiger partial charge in [-0.1, -0.05) is 31.0 Å². The molecule has 1 saturated heterocycles. The van der Waals surface area contributed by atoms with Gasteiger partial charge in [-0.15, -0.1) is 0 Å². The molecule has 0 saturated carbocycles. The van der Waals surface area contributed by atoms with Crippen LogP contribution >= 0.6 is 11.6 Å². The highest BCUT2D eigenvalue weighted by atomic mass is 35.5. The van der Waals surface area contributed by atoms with Crippen LogP contribution in [0.15, 0.2) is 18.3 Å². The molecule has 1 atom stereocenters. The first-order valence-corrected chi connectivity index (χ1v) is 5.98. The molecular weight excluding hydrogens is 208 g/mol. The fourth-order valence-electron chi connectivity index (χ4n) is 2.15. The second kappa shape index (κ2) is 4.95. The summed E-state index contributed by atoms with van der Waals surface area (Å²) >= 11 is 5.75. The van der Waals surface area contributed by atoms with Crippen LogP contribution in [0, 0.1) is 5.92 Å². The molecule has 1 fully saturated rings. The minimum Gasteiger partial charge on any atom is -0.299 e. The third kappa shape index (κ3) is 2.93. The van der Waals surface area contributed by atoms with Crippen molar-refractivity contribution in [3.63, 3.8) is 0 Å². The second-order valence-electron chi connectivity index (χ2n) is 4.29. The second-order valence-corrected chi connectivity index (χ2v) is 4.67. The quantitative estimate of drug-likeness (QED) is 0.734. The molecule has 15 heavy (non-hydrogen) atoms. The van der Waals surface area contributed by atoms with Gasteiger partial charge in [0.1, 0.15) is 5.15 Å². The van der Waals surface area contributed by atoms with Crippen LogP contribution in [-0.4, -0.2) is 23.0 Å². The van der Waals surface area contributed by atoms with E-state index in [0.717, 1.165) is 12.5 Å². The molecule has 82 valence electrons. The summed E-state index contributed by atoms with van der Waals surface area (Å²) in [5.74, 6) is 0.894. The molecule has 1 aromatic rings. The Hall–Kier alpha value is -0.600. The van der Waals surface area contributed by atoms with Crippen LogP contribution in [0.1, 0.15) is 25.3 Å². The van der Waals surface area contributed by atoms with Crippen LogP contribution in [0.4, 0.5) is 0 Å². The lowest BCUT2D eigenvalue weighted by Crippen LogP contribution is -2.20. The van der Waals surface area contributed by atoms with E-state index in [9.17, 15) is 0 Å². The summed E-state index contributed by atoms with van der Waals surface area (Å²) in [6, 6.07) is 3.93. The average Bonchev–Trinajstić information content (AvgIpc) is 2.69. The van der Waals surface area contributed by atoms with Gasteiger partial charge in [-0.25, -0.2) is 4.98 Å². The first-order valence-electron chi connectivity index (χ1n) is 5.60. The normalized spacial score (nSPS) is 22.1. The molecule has 1 aromatic heterocycles. The zero-order valence-electron chi connectivity index (χ0n) is 9.12. The Labute approximate surface area is 96.3 Å². The standard InChI is InChI=1S/C12H17ClN2/c1-2-10-5-6-15(8-10)9-11-3-4-12(13)14-7-11/h3-4,7,10H,2,5-6,8-9H2,1H3. The van der Waals surface area contributed by atoms with Gasteiger partial charge in [0.25, 0.3) is 0 Å². The largest absolute Gasteiger partial charge is 0.299 e. The van der Waals surface area contributed by atoms with Crippen molar-refractivity contribution >= 4 is 11.6 Å². The van der Waals surface area contributed by atoms with Gasteiger partial charge in [0, 0.05) is 19.3 Å². The third-order valence-electron chi connectivity index (χ3n) is 3.14. The maximum absolute atomic E-state index is 5.75. The van der Waals surface area contributed by atoms with Crippen molar-refractivity contribution in [3.8, 4) is 0 Å². The Morgan fingerprint density at radius 3 is 3.00 bits per heavy atom. The van der Waals surface area contributed by atoms with Crippen molar-refractivity contribution in [2.24, 2.45) is 5.92 Å². The van der Waals surface area contributed by atoms with Gasteiger partial charge in [0.2, 0.25) is 0 Å². The van der Waals surface area contributed by atoms with Gasteiger partial charge in [-0.2, -0.15) is 0 Å². The van der Waals surface area contributed by atoms with Gasteiger partial charge in [0.05, 0.1) is 0 Å². The lowest BCUT2D eigenvalue weighted by molar-refractivity contribution is 0.315. The monoisotopic (exact) mass is 224 g/mol. The Morgan fingerprint density at radius 1 is 1.53 bits per heavy atom. The predicted molar refractivity (Wildman–Crippen MR) is 62.9 cm³/mol. The smallest absolute Gasteiger partial charge is 0.129 e. The van der Waals surface area contributed by atoms with E-state index < -0.39 is 0 Å². The molecule has 0 radical (unpaired) electrons. The summed E-state index contributed by atoms with van der Waals surface area (Å²) in [6.07, 6.45) is 4.52. The lowest BCUT2D eigenvalue weighted by atomic mass is 10.1. The van der Waals surface area contributed by atoms with Crippen LogP contribution < -0.4 is 0 Å². The minimum atomic E-state index is 0.576. The van der Waals surface area contributed by atoms with Gasteiger partial charge in [0.15, 0.2) is 0 Å². The Balaban J connectivity index is 1.90. The van der Waals surface area contributed by atoms with Gasteiger partial charge in [-0.3, -0.25) is 4.90 Å². The summed E-state index contributed by atoms with van der Waals surface area (Å²) in [4.78, 5) is 6.60. The molecule has 2 nitrogen and oxygen atoms in total. The van der Waals surface area contributed by atoms with Gasteiger partial charge >= 0.3 is 0 Å².